The second-order valence-corrected chi connectivity index (χ2v) is 5.55. The fraction of sp³-hybridized carbons (Fsp3) is 0.769. The van der Waals surface area contributed by atoms with E-state index in [-0.39, 0.29) is 0 Å². The van der Waals surface area contributed by atoms with Crippen molar-refractivity contribution in [2.75, 3.05) is 0 Å². The van der Waals surface area contributed by atoms with Crippen LogP contribution >= 0.6 is 11.6 Å². The molecule has 0 unspecified atom stereocenters. The standard InChI is InChI=1S/C13H22ClN3/c1-3-11-8-13(17(2)16-11)9-15-12-6-4-10(14)5-7-12/h8,10,12,15H,3-7,9H2,1-2H3. The molecule has 1 heterocycles. The Morgan fingerprint density at radius 1 is 1.41 bits per heavy atom. The second-order valence-electron chi connectivity index (χ2n) is 4.93. The quantitative estimate of drug-likeness (QED) is 0.839. The minimum atomic E-state index is 0.399. The lowest BCUT2D eigenvalue weighted by Gasteiger charge is -2.25. The Balaban J connectivity index is 1.83. The number of hydrogen-bond donors (Lipinski definition) is 1. The van der Waals surface area contributed by atoms with Crippen LogP contribution < -0.4 is 5.32 Å². The molecule has 1 N–H and O–H groups in total. The molecule has 0 aliphatic heterocycles. The minimum Gasteiger partial charge on any atom is -0.308 e. The van der Waals surface area contributed by atoms with Crippen LogP contribution in [0.5, 0.6) is 0 Å². The Hall–Kier alpha value is -0.540. The third-order valence-corrected chi connectivity index (χ3v) is 4.05. The number of aromatic nitrogens is 2. The molecule has 0 bridgehead atoms. The second kappa shape index (κ2) is 5.87. The van der Waals surface area contributed by atoms with E-state index in [1.54, 1.807) is 0 Å². The molecular formula is C13H22ClN3. The zero-order valence-corrected chi connectivity index (χ0v) is 11.5. The van der Waals surface area contributed by atoms with Gasteiger partial charge in [-0.15, -0.1) is 11.6 Å². The summed E-state index contributed by atoms with van der Waals surface area (Å²) in [4.78, 5) is 0. The monoisotopic (exact) mass is 255 g/mol. The van der Waals surface area contributed by atoms with Crippen LogP contribution in [-0.2, 0) is 20.0 Å². The third kappa shape index (κ3) is 3.46. The molecule has 1 fully saturated rings. The highest BCUT2D eigenvalue weighted by Gasteiger charge is 2.19. The predicted molar refractivity (Wildman–Crippen MR) is 71.3 cm³/mol. The molecule has 0 spiro atoms. The molecule has 1 saturated carbocycles. The van der Waals surface area contributed by atoms with Crippen molar-refractivity contribution < 1.29 is 0 Å². The van der Waals surface area contributed by atoms with E-state index in [0.717, 1.165) is 25.8 Å². The highest BCUT2D eigenvalue weighted by molar-refractivity contribution is 6.20. The van der Waals surface area contributed by atoms with Crippen LogP contribution in [0.25, 0.3) is 0 Å². The van der Waals surface area contributed by atoms with Crippen molar-refractivity contribution in [3.8, 4) is 0 Å². The van der Waals surface area contributed by atoms with Crippen LogP contribution in [0.2, 0.25) is 0 Å². The molecule has 0 amide bonds. The zero-order valence-electron chi connectivity index (χ0n) is 10.7. The maximum absolute atomic E-state index is 6.10. The molecule has 3 nitrogen and oxygen atoms in total. The number of nitrogens with zero attached hydrogens (tertiary/aromatic N) is 2. The van der Waals surface area contributed by atoms with E-state index in [9.17, 15) is 0 Å². The molecule has 0 atom stereocenters. The van der Waals surface area contributed by atoms with Crippen LogP contribution in [0.4, 0.5) is 0 Å². The summed E-state index contributed by atoms with van der Waals surface area (Å²) >= 11 is 6.10. The van der Waals surface area contributed by atoms with Gasteiger partial charge >= 0.3 is 0 Å². The average molecular weight is 256 g/mol. The van der Waals surface area contributed by atoms with Crippen molar-refractivity contribution in [1.82, 2.24) is 15.1 Å². The molecule has 0 radical (unpaired) electrons. The Morgan fingerprint density at radius 3 is 2.71 bits per heavy atom. The van der Waals surface area contributed by atoms with Gasteiger partial charge in [0.2, 0.25) is 0 Å². The van der Waals surface area contributed by atoms with Crippen LogP contribution in [0, 0.1) is 0 Å². The van der Waals surface area contributed by atoms with E-state index < -0.39 is 0 Å². The van der Waals surface area contributed by atoms with Gasteiger partial charge in [-0.3, -0.25) is 4.68 Å². The molecule has 2 rings (SSSR count). The maximum atomic E-state index is 6.10. The van der Waals surface area contributed by atoms with Crippen molar-refractivity contribution in [2.24, 2.45) is 7.05 Å². The summed E-state index contributed by atoms with van der Waals surface area (Å²) in [6, 6.07) is 2.82. The number of hydrogen-bond acceptors (Lipinski definition) is 2. The van der Waals surface area contributed by atoms with E-state index in [1.807, 2.05) is 11.7 Å². The fourth-order valence-corrected chi connectivity index (χ4v) is 2.67. The molecule has 0 saturated heterocycles. The van der Waals surface area contributed by atoms with Crippen molar-refractivity contribution in [3.63, 3.8) is 0 Å². The van der Waals surface area contributed by atoms with E-state index in [1.165, 1.54) is 24.2 Å². The van der Waals surface area contributed by atoms with Crippen molar-refractivity contribution in [1.29, 1.82) is 0 Å². The van der Waals surface area contributed by atoms with Crippen molar-refractivity contribution in [2.45, 2.75) is 57.0 Å². The van der Waals surface area contributed by atoms with E-state index in [2.05, 4.69) is 23.4 Å². The van der Waals surface area contributed by atoms with E-state index in [4.69, 9.17) is 11.6 Å². The molecule has 4 heteroatoms. The lowest BCUT2D eigenvalue weighted by Crippen LogP contribution is -2.33. The molecular weight excluding hydrogens is 234 g/mol. The van der Waals surface area contributed by atoms with Gasteiger partial charge in [-0.25, -0.2) is 0 Å². The topological polar surface area (TPSA) is 29.9 Å². The smallest absolute Gasteiger partial charge is 0.0625 e. The summed E-state index contributed by atoms with van der Waals surface area (Å²) in [7, 11) is 2.02. The van der Waals surface area contributed by atoms with Crippen molar-refractivity contribution >= 4 is 11.6 Å². The lowest BCUT2D eigenvalue weighted by atomic mass is 9.95. The Kier molecular flexibility index (Phi) is 4.46. The van der Waals surface area contributed by atoms with Crippen molar-refractivity contribution in [3.05, 3.63) is 17.5 Å². The molecule has 0 aromatic carbocycles. The summed E-state index contributed by atoms with van der Waals surface area (Å²) in [6.07, 6.45) is 5.69. The van der Waals surface area contributed by atoms with Gasteiger partial charge in [0.25, 0.3) is 0 Å². The predicted octanol–water partition coefficient (Wildman–Crippen LogP) is 2.62. The van der Waals surface area contributed by atoms with Crippen LogP contribution in [-0.4, -0.2) is 21.2 Å². The van der Waals surface area contributed by atoms with Gasteiger partial charge in [0, 0.05) is 25.0 Å². The van der Waals surface area contributed by atoms with E-state index >= 15 is 0 Å². The molecule has 1 aliphatic carbocycles. The highest BCUT2D eigenvalue weighted by atomic mass is 35.5. The van der Waals surface area contributed by atoms with Gasteiger partial charge in [0.1, 0.15) is 0 Å². The summed E-state index contributed by atoms with van der Waals surface area (Å²) in [6.45, 7) is 3.06. The fourth-order valence-electron chi connectivity index (χ4n) is 2.42. The molecule has 1 aromatic rings. The number of aryl methyl sites for hydroxylation is 2. The van der Waals surface area contributed by atoms with Gasteiger partial charge in [0.05, 0.1) is 11.4 Å². The summed E-state index contributed by atoms with van der Waals surface area (Å²) in [5, 5.41) is 8.48. The van der Waals surface area contributed by atoms with Gasteiger partial charge in [-0.1, -0.05) is 6.92 Å². The Morgan fingerprint density at radius 2 is 2.12 bits per heavy atom. The zero-order chi connectivity index (χ0) is 12.3. The summed E-state index contributed by atoms with van der Waals surface area (Å²) in [5.41, 5.74) is 2.45. The molecule has 1 aromatic heterocycles. The SMILES string of the molecule is CCc1cc(CNC2CCC(Cl)CC2)n(C)n1. The summed E-state index contributed by atoms with van der Waals surface area (Å²) in [5.74, 6) is 0. The first-order valence-electron chi connectivity index (χ1n) is 6.58. The third-order valence-electron chi connectivity index (χ3n) is 3.62. The first kappa shape index (κ1) is 12.9. The average Bonchev–Trinajstić information content (AvgIpc) is 2.69. The van der Waals surface area contributed by atoms with Gasteiger partial charge in [0.15, 0.2) is 0 Å². The summed E-state index contributed by atoms with van der Waals surface area (Å²) < 4.78 is 1.99. The minimum absolute atomic E-state index is 0.399. The number of rotatable bonds is 4. The number of nitrogens with one attached hydrogen (secondary N) is 1. The first-order chi connectivity index (χ1) is 8.19. The number of halogens is 1. The maximum Gasteiger partial charge on any atom is 0.0625 e. The van der Waals surface area contributed by atoms with E-state index in [0.29, 0.717) is 11.4 Å². The largest absolute Gasteiger partial charge is 0.308 e. The first-order valence-corrected chi connectivity index (χ1v) is 7.02. The Labute approximate surface area is 109 Å². The van der Waals surface area contributed by atoms with Crippen LogP contribution in [0.1, 0.15) is 44.0 Å². The Bertz CT molecular complexity index is 354. The number of alkyl halides is 1. The highest BCUT2D eigenvalue weighted by Crippen LogP contribution is 2.23. The van der Waals surface area contributed by atoms with Gasteiger partial charge in [-0.05, 0) is 38.2 Å². The lowest BCUT2D eigenvalue weighted by molar-refractivity contribution is 0.372. The normalized spacial score (nSPS) is 25.1. The van der Waals surface area contributed by atoms with Gasteiger partial charge in [-0.2, -0.15) is 5.10 Å². The molecule has 17 heavy (non-hydrogen) atoms. The van der Waals surface area contributed by atoms with Crippen LogP contribution in [0.3, 0.4) is 0 Å². The van der Waals surface area contributed by atoms with Gasteiger partial charge < -0.3 is 5.32 Å². The molecule has 1 aliphatic rings. The van der Waals surface area contributed by atoms with Crippen LogP contribution in [0.15, 0.2) is 6.07 Å². The molecule has 96 valence electrons.